The number of nitrogens with two attached hydrogens (primary N) is 1. The molecule has 0 saturated carbocycles. The molecule has 4 rings (SSSR count). The van der Waals surface area contributed by atoms with Crippen molar-refractivity contribution in [1.29, 1.82) is 5.26 Å². The fraction of sp³-hybridized carbons (Fsp3) is 0.393. The number of aryl methyl sites for hydroxylation is 1. The van der Waals surface area contributed by atoms with Crippen molar-refractivity contribution in [3.05, 3.63) is 77.4 Å². The molecule has 2 atom stereocenters. The summed E-state index contributed by atoms with van der Waals surface area (Å²) in [6, 6.07) is 15.3. The number of hydrogen-bond donors (Lipinski definition) is 1. The highest BCUT2D eigenvalue weighted by molar-refractivity contribution is 5.88. The number of carbonyl (C=O) groups is 1. The SMILES string of the molecule is CC[C@@]1(c2cccc(Oc3cc([C@@](C)(N)c4cncn4C)ccc3C#N)c2)CCCCN(C)C1=O. The highest BCUT2D eigenvalue weighted by atomic mass is 16.5. The maximum atomic E-state index is 13.4. The summed E-state index contributed by atoms with van der Waals surface area (Å²) in [5.41, 5.74) is 8.32. The summed E-state index contributed by atoms with van der Waals surface area (Å²) in [6.45, 7) is 4.76. The third-order valence-corrected chi connectivity index (χ3v) is 7.37. The van der Waals surface area contributed by atoms with Gasteiger partial charge in [-0.3, -0.25) is 4.79 Å². The molecule has 0 aliphatic carbocycles. The quantitative estimate of drug-likeness (QED) is 0.567. The van der Waals surface area contributed by atoms with E-state index in [1.165, 1.54) is 0 Å². The Hall–Kier alpha value is -3.63. The molecule has 3 aromatic rings. The van der Waals surface area contributed by atoms with Crippen LogP contribution in [-0.4, -0.2) is 34.0 Å². The van der Waals surface area contributed by atoms with Crippen molar-refractivity contribution >= 4 is 5.91 Å². The minimum atomic E-state index is -0.831. The molecule has 1 saturated heterocycles. The predicted octanol–water partition coefficient (Wildman–Crippen LogP) is 4.60. The molecule has 35 heavy (non-hydrogen) atoms. The van der Waals surface area contributed by atoms with Crippen molar-refractivity contribution in [3.8, 4) is 17.6 Å². The van der Waals surface area contributed by atoms with Gasteiger partial charge in [0.25, 0.3) is 0 Å². The van der Waals surface area contributed by atoms with Crippen molar-refractivity contribution in [2.45, 2.75) is 50.5 Å². The standard InChI is InChI=1S/C28H33N5O2/c1-5-28(13-6-7-14-32(3)26(28)34)22-9-8-10-23(15-22)35-24-16-21(12-11-20(24)17-29)27(2,30)25-18-31-19-33(25)4/h8-12,15-16,18-19H,5-7,13-14,30H2,1-4H3/t27-,28+/m1/s1. The molecule has 0 unspecified atom stereocenters. The number of aromatic nitrogens is 2. The molecule has 0 spiro atoms. The van der Waals surface area contributed by atoms with Gasteiger partial charge in [0.15, 0.2) is 0 Å². The Morgan fingerprint density at radius 1 is 1.23 bits per heavy atom. The van der Waals surface area contributed by atoms with Crippen molar-refractivity contribution in [3.63, 3.8) is 0 Å². The molecule has 2 N–H and O–H groups in total. The predicted molar refractivity (Wildman–Crippen MR) is 135 cm³/mol. The second-order valence-corrected chi connectivity index (χ2v) is 9.66. The number of carbonyl (C=O) groups excluding carboxylic acids is 1. The zero-order chi connectivity index (χ0) is 25.2. The monoisotopic (exact) mass is 471 g/mol. The van der Waals surface area contributed by atoms with E-state index in [0.29, 0.717) is 17.1 Å². The summed E-state index contributed by atoms with van der Waals surface area (Å²) in [4.78, 5) is 19.4. The van der Waals surface area contributed by atoms with Gasteiger partial charge in [-0.2, -0.15) is 5.26 Å². The molecule has 7 heteroatoms. The number of imidazole rings is 1. The van der Waals surface area contributed by atoms with Gasteiger partial charge in [0.2, 0.25) is 5.91 Å². The van der Waals surface area contributed by atoms with E-state index in [9.17, 15) is 10.1 Å². The number of nitrogens with zero attached hydrogens (tertiary/aromatic N) is 4. The maximum Gasteiger partial charge on any atom is 0.232 e. The Bertz CT molecular complexity index is 1270. The van der Waals surface area contributed by atoms with Gasteiger partial charge in [-0.15, -0.1) is 0 Å². The first-order valence-electron chi connectivity index (χ1n) is 12.1. The average Bonchev–Trinajstić information content (AvgIpc) is 3.24. The molecule has 2 aromatic carbocycles. The van der Waals surface area contributed by atoms with Crippen molar-refractivity contribution in [1.82, 2.24) is 14.5 Å². The highest BCUT2D eigenvalue weighted by Crippen LogP contribution is 2.40. The fourth-order valence-electron chi connectivity index (χ4n) is 5.16. The molecule has 7 nitrogen and oxygen atoms in total. The van der Waals surface area contributed by atoms with Crippen LogP contribution in [0.4, 0.5) is 0 Å². The molecule has 182 valence electrons. The van der Waals surface area contributed by atoms with Gasteiger partial charge in [0.05, 0.1) is 34.7 Å². The minimum Gasteiger partial charge on any atom is -0.456 e. The van der Waals surface area contributed by atoms with Crippen molar-refractivity contribution in [2.75, 3.05) is 13.6 Å². The molecule has 0 bridgehead atoms. The zero-order valence-electron chi connectivity index (χ0n) is 20.9. The van der Waals surface area contributed by atoms with E-state index < -0.39 is 11.0 Å². The van der Waals surface area contributed by atoms with Gasteiger partial charge in [0.1, 0.15) is 17.6 Å². The lowest BCUT2D eigenvalue weighted by atomic mass is 9.73. The number of likely N-dealkylation sites (N-methyl/N-ethyl adjacent to an activating group) is 1. The molecule has 1 fully saturated rings. The summed E-state index contributed by atoms with van der Waals surface area (Å²) >= 11 is 0. The van der Waals surface area contributed by atoms with E-state index in [1.807, 2.05) is 66.9 Å². The largest absolute Gasteiger partial charge is 0.456 e. The second-order valence-electron chi connectivity index (χ2n) is 9.66. The van der Waals surface area contributed by atoms with Crippen molar-refractivity contribution in [2.24, 2.45) is 12.8 Å². The summed E-state index contributed by atoms with van der Waals surface area (Å²) in [6.07, 6.45) is 6.99. The van der Waals surface area contributed by atoms with Crippen molar-refractivity contribution < 1.29 is 9.53 Å². The smallest absolute Gasteiger partial charge is 0.232 e. The molecular formula is C28H33N5O2. The lowest BCUT2D eigenvalue weighted by molar-refractivity contribution is -0.135. The first-order valence-corrected chi connectivity index (χ1v) is 12.1. The first-order chi connectivity index (χ1) is 16.7. The van der Waals surface area contributed by atoms with Crippen LogP contribution in [0.25, 0.3) is 0 Å². The van der Waals surface area contributed by atoms with Crippen LogP contribution in [-0.2, 0) is 22.8 Å². The number of hydrogen-bond acceptors (Lipinski definition) is 5. The topological polar surface area (TPSA) is 97.2 Å². The maximum absolute atomic E-state index is 13.4. The summed E-state index contributed by atoms with van der Waals surface area (Å²) in [7, 11) is 3.78. The Morgan fingerprint density at radius 2 is 2.03 bits per heavy atom. The molecular weight excluding hydrogens is 438 g/mol. The fourth-order valence-corrected chi connectivity index (χ4v) is 5.16. The van der Waals surface area contributed by atoms with Gasteiger partial charge in [-0.25, -0.2) is 4.98 Å². The molecule has 0 radical (unpaired) electrons. The molecule has 1 aliphatic heterocycles. The number of nitriles is 1. The summed E-state index contributed by atoms with van der Waals surface area (Å²) < 4.78 is 8.15. The van der Waals surface area contributed by atoms with E-state index in [-0.39, 0.29) is 5.91 Å². The van der Waals surface area contributed by atoms with Crippen LogP contribution in [0.15, 0.2) is 55.0 Å². The number of rotatable bonds is 6. The average molecular weight is 472 g/mol. The lowest BCUT2D eigenvalue weighted by Gasteiger charge is -2.33. The van der Waals surface area contributed by atoms with Crippen LogP contribution >= 0.6 is 0 Å². The molecule has 2 heterocycles. The zero-order valence-corrected chi connectivity index (χ0v) is 20.9. The highest BCUT2D eigenvalue weighted by Gasteiger charge is 2.41. The van der Waals surface area contributed by atoms with Crippen LogP contribution in [0.1, 0.15) is 61.9 Å². The van der Waals surface area contributed by atoms with E-state index >= 15 is 0 Å². The van der Waals surface area contributed by atoms with Gasteiger partial charge >= 0.3 is 0 Å². The number of ether oxygens (including phenoxy) is 1. The summed E-state index contributed by atoms with van der Waals surface area (Å²) in [5.74, 6) is 1.17. The van der Waals surface area contributed by atoms with E-state index in [0.717, 1.165) is 49.0 Å². The van der Waals surface area contributed by atoms with Gasteiger partial charge < -0.3 is 19.9 Å². The van der Waals surface area contributed by atoms with E-state index in [2.05, 4.69) is 18.0 Å². The Kier molecular flexibility index (Phi) is 6.68. The Labute approximate surface area is 207 Å². The lowest BCUT2D eigenvalue weighted by Crippen LogP contribution is -2.43. The van der Waals surface area contributed by atoms with E-state index in [1.54, 1.807) is 18.6 Å². The number of likely N-dealkylation sites (tertiary alicyclic amines) is 1. The summed E-state index contributed by atoms with van der Waals surface area (Å²) in [5, 5.41) is 9.73. The van der Waals surface area contributed by atoms with E-state index in [4.69, 9.17) is 10.5 Å². The van der Waals surface area contributed by atoms with Gasteiger partial charge in [-0.05, 0) is 61.6 Å². The Balaban J connectivity index is 1.72. The third-order valence-electron chi connectivity index (χ3n) is 7.37. The van der Waals surface area contributed by atoms with Crippen LogP contribution in [0.3, 0.4) is 0 Å². The van der Waals surface area contributed by atoms with Crippen LogP contribution in [0, 0.1) is 11.3 Å². The normalized spacial score (nSPS) is 20.1. The Morgan fingerprint density at radius 3 is 2.71 bits per heavy atom. The van der Waals surface area contributed by atoms with Crippen LogP contribution < -0.4 is 10.5 Å². The molecule has 1 amide bonds. The molecule has 1 aromatic heterocycles. The number of amides is 1. The molecule has 1 aliphatic rings. The van der Waals surface area contributed by atoms with Gasteiger partial charge in [-0.1, -0.05) is 31.5 Å². The number of benzene rings is 2. The van der Waals surface area contributed by atoms with Gasteiger partial charge in [0, 0.05) is 20.6 Å². The second kappa shape index (κ2) is 9.55. The third kappa shape index (κ3) is 4.42. The van der Waals surface area contributed by atoms with Crippen LogP contribution in [0.5, 0.6) is 11.5 Å². The van der Waals surface area contributed by atoms with Crippen LogP contribution in [0.2, 0.25) is 0 Å². The first kappa shape index (κ1) is 24.5. The minimum absolute atomic E-state index is 0.157.